The van der Waals surface area contributed by atoms with Crippen LogP contribution in [0.5, 0.6) is 5.75 Å². The summed E-state index contributed by atoms with van der Waals surface area (Å²) in [5.74, 6) is 0.725. The first-order chi connectivity index (χ1) is 9.60. The van der Waals surface area contributed by atoms with Crippen LogP contribution in [0.25, 0.3) is 0 Å². The van der Waals surface area contributed by atoms with E-state index in [9.17, 15) is 4.79 Å². The summed E-state index contributed by atoms with van der Waals surface area (Å²) in [6, 6.07) is 15.2. The zero-order valence-electron chi connectivity index (χ0n) is 12.0. The summed E-state index contributed by atoms with van der Waals surface area (Å²) in [4.78, 5) is 12.2. The van der Waals surface area contributed by atoms with Crippen LogP contribution in [0.3, 0.4) is 0 Å². The minimum atomic E-state index is -0.0712. The Hall–Kier alpha value is -2.29. The molecule has 0 bridgehead atoms. The Morgan fingerprint density at radius 3 is 2.60 bits per heavy atom. The molecule has 0 fully saturated rings. The lowest BCUT2D eigenvalue weighted by Crippen LogP contribution is -2.26. The van der Waals surface area contributed by atoms with Crippen molar-refractivity contribution >= 4 is 5.91 Å². The monoisotopic (exact) mass is 269 g/mol. The molecular weight excluding hydrogens is 250 g/mol. The highest BCUT2D eigenvalue weighted by atomic mass is 16.5. The average molecular weight is 269 g/mol. The minimum Gasteiger partial charge on any atom is -0.497 e. The maximum Gasteiger partial charge on any atom is 0.251 e. The summed E-state index contributed by atoms with van der Waals surface area (Å²) in [6.07, 6.45) is 0. The predicted molar refractivity (Wildman–Crippen MR) is 80.1 cm³/mol. The van der Waals surface area contributed by atoms with Crippen LogP contribution in [-0.2, 0) is 0 Å². The SMILES string of the molecule is COc1cccc(C(C)NC(=O)c2cccc(C)c2)c1. The molecule has 0 aliphatic rings. The van der Waals surface area contributed by atoms with Gasteiger partial charge in [0.1, 0.15) is 5.75 Å². The van der Waals surface area contributed by atoms with E-state index in [-0.39, 0.29) is 11.9 Å². The zero-order chi connectivity index (χ0) is 14.5. The molecule has 0 aliphatic carbocycles. The van der Waals surface area contributed by atoms with Gasteiger partial charge in [-0.2, -0.15) is 0 Å². The second-order valence-corrected chi connectivity index (χ2v) is 4.84. The summed E-state index contributed by atoms with van der Waals surface area (Å²) >= 11 is 0. The van der Waals surface area contributed by atoms with Gasteiger partial charge in [-0.05, 0) is 43.7 Å². The van der Waals surface area contributed by atoms with Crippen molar-refractivity contribution in [3.63, 3.8) is 0 Å². The molecule has 2 rings (SSSR count). The van der Waals surface area contributed by atoms with Crippen molar-refractivity contribution in [2.75, 3.05) is 7.11 Å². The van der Waals surface area contributed by atoms with Crippen LogP contribution >= 0.6 is 0 Å². The third-order valence-corrected chi connectivity index (χ3v) is 3.22. The Morgan fingerprint density at radius 1 is 1.15 bits per heavy atom. The zero-order valence-corrected chi connectivity index (χ0v) is 12.0. The highest BCUT2D eigenvalue weighted by Gasteiger charge is 2.11. The summed E-state index contributed by atoms with van der Waals surface area (Å²) < 4.78 is 5.20. The van der Waals surface area contributed by atoms with E-state index in [1.807, 2.05) is 62.4 Å². The van der Waals surface area contributed by atoms with Crippen LogP contribution < -0.4 is 10.1 Å². The van der Waals surface area contributed by atoms with Crippen LogP contribution in [0.2, 0.25) is 0 Å². The van der Waals surface area contributed by atoms with Crippen molar-refractivity contribution < 1.29 is 9.53 Å². The van der Waals surface area contributed by atoms with Crippen LogP contribution in [0.4, 0.5) is 0 Å². The molecule has 0 heterocycles. The normalized spacial score (nSPS) is 11.8. The standard InChI is InChI=1S/C17H19NO2/c1-12-6-4-8-15(10-12)17(19)18-13(2)14-7-5-9-16(11-14)20-3/h4-11,13H,1-3H3,(H,18,19). The van der Waals surface area contributed by atoms with Gasteiger partial charge in [-0.1, -0.05) is 29.8 Å². The quantitative estimate of drug-likeness (QED) is 0.922. The first-order valence-corrected chi connectivity index (χ1v) is 6.61. The molecule has 0 aliphatic heterocycles. The topological polar surface area (TPSA) is 38.3 Å². The van der Waals surface area contributed by atoms with Gasteiger partial charge in [-0.3, -0.25) is 4.79 Å². The second kappa shape index (κ2) is 6.24. The van der Waals surface area contributed by atoms with Gasteiger partial charge >= 0.3 is 0 Å². The van der Waals surface area contributed by atoms with Gasteiger partial charge in [-0.15, -0.1) is 0 Å². The Kier molecular flexibility index (Phi) is 4.41. The van der Waals surface area contributed by atoms with Crippen LogP contribution in [-0.4, -0.2) is 13.0 Å². The number of rotatable bonds is 4. The number of carbonyl (C=O) groups excluding carboxylic acids is 1. The first-order valence-electron chi connectivity index (χ1n) is 6.61. The molecule has 3 nitrogen and oxygen atoms in total. The van der Waals surface area contributed by atoms with Crippen LogP contribution in [0, 0.1) is 6.92 Å². The van der Waals surface area contributed by atoms with Crippen molar-refractivity contribution in [2.45, 2.75) is 19.9 Å². The van der Waals surface area contributed by atoms with Gasteiger partial charge in [0.15, 0.2) is 0 Å². The Balaban J connectivity index is 2.10. The summed E-state index contributed by atoms with van der Waals surface area (Å²) in [5.41, 5.74) is 2.77. The lowest BCUT2D eigenvalue weighted by molar-refractivity contribution is 0.0939. The number of hydrogen-bond acceptors (Lipinski definition) is 2. The highest BCUT2D eigenvalue weighted by Crippen LogP contribution is 2.19. The Labute approximate surface area is 119 Å². The molecule has 1 unspecified atom stereocenters. The third kappa shape index (κ3) is 3.38. The molecule has 2 aromatic rings. The number of hydrogen-bond donors (Lipinski definition) is 1. The number of nitrogens with one attached hydrogen (secondary N) is 1. The molecule has 0 radical (unpaired) electrons. The fourth-order valence-electron chi connectivity index (χ4n) is 2.06. The van der Waals surface area contributed by atoms with E-state index in [1.165, 1.54) is 0 Å². The van der Waals surface area contributed by atoms with Gasteiger partial charge in [-0.25, -0.2) is 0 Å². The second-order valence-electron chi connectivity index (χ2n) is 4.84. The van der Waals surface area contributed by atoms with E-state index in [0.717, 1.165) is 16.9 Å². The molecular formula is C17H19NO2. The largest absolute Gasteiger partial charge is 0.497 e. The van der Waals surface area contributed by atoms with E-state index in [2.05, 4.69) is 5.32 Å². The number of aryl methyl sites for hydroxylation is 1. The maximum absolute atomic E-state index is 12.2. The number of amides is 1. The lowest BCUT2D eigenvalue weighted by atomic mass is 10.1. The van der Waals surface area contributed by atoms with E-state index in [1.54, 1.807) is 7.11 Å². The number of methoxy groups -OCH3 is 1. The van der Waals surface area contributed by atoms with Gasteiger partial charge in [0, 0.05) is 5.56 Å². The first kappa shape index (κ1) is 14.1. The molecule has 1 atom stereocenters. The molecule has 2 aromatic carbocycles. The molecule has 3 heteroatoms. The molecule has 104 valence electrons. The number of carbonyl (C=O) groups is 1. The van der Waals surface area contributed by atoms with Gasteiger partial charge in [0.05, 0.1) is 13.2 Å². The van der Waals surface area contributed by atoms with E-state index < -0.39 is 0 Å². The van der Waals surface area contributed by atoms with Crippen molar-refractivity contribution in [1.29, 1.82) is 0 Å². The van der Waals surface area contributed by atoms with Crippen LogP contribution in [0.1, 0.15) is 34.5 Å². The van der Waals surface area contributed by atoms with Crippen LogP contribution in [0.15, 0.2) is 48.5 Å². The lowest BCUT2D eigenvalue weighted by Gasteiger charge is -2.15. The van der Waals surface area contributed by atoms with Gasteiger partial charge in [0.2, 0.25) is 0 Å². The van der Waals surface area contributed by atoms with E-state index >= 15 is 0 Å². The fraction of sp³-hybridized carbons (Fsp3) is 0.235. The summed E-state index contributed by atoms with van der Waals surface area (Å²) in [5, 5.41) is 3.00. The molecule has 20 heavy (non-hydrogen) atoms. The van der Waals surface area contributed by atoms with Crippen molar-refractivity contribution in [3.05, 3.63) is 65.2 Å². The molecule has 0 spiro atoms. The van der Waals surface area contributed by atoms with Crippen molar-refractivity contribution in [1.82, 2.24) is 5.32 Å². The third-order valence-electron chi connectivity index (χ3n) is 3.22. The molecule has 0 saturated heterocycles. The van der Waals surface area contributed by atoms with Gasteiger partial charge in [0.25, 0.3) is 5.91 Å². The smallest absolute Gasteiger partial charge is 0.251 e. The fourth-order valence-corrected chi connectivity index (χ4v) is 2.06. The minimum absolute atomic E-state index is 0.0657. The number of benzene rings is 2. The molecule has 1 N–H and O–H groups in total. The number of ether oxygens (including phenoxy) is 1. The maximum atomic E-state index is 12.2. The summed E-state index contributed by atoms with van der Waals surface area (Å²) in [6.45, 7) is 3.94. The Bertz CT molecular complexity index is 607. The molecule has 0 aromatic heterocycles. The van der Waals surface area contributed by atoms with E-state index in [0.29, 0.717) is 5.56 Å². The Morgan fingerprint density at radius 2 is 1.90 bits per heavy atom. The van der Waals surface area contributed by atoms with Crippen molar-refractivity contribution in [2.24, 2.45) is 0 Å². The van der Waals surface area contributed by atoms with Gasteiger partial charge < -0.3 is 10.1 Å². The molecule has 0 saturated carbocycles. The van der Waals surface area contributed by atoms with Crippen molar-refractivity contribution in [3.8, 4) is 5.75 Å². The van der Waals surface area contributed by atoms with E-state index in [4.69, 9.17) is 4.74 Å². The summed E-state index contributed by atoms with van der Waals surface area (Å²) in [7, 11) is 1.63. The highest BCUT2D eigenvalue weighted by molar-refractivity contribution is 5.94. The molecule has 1 amide bonds. The predicted octanol–water partition coefficient (Wildman–Crippen LogP) is 3.49. The average Bonchev–Trinajstić information content (AvgIpc) is 2.47.